The largest absolute Gasteiger partial charge is 0.379 e. The maximum absolute atomic E-state index is 13.5. The number of aryl methyl sites for hydroxylation is 1. The summed E-state index contributed by atoms with van der Waals surface area (Å²) in [6.45, 7) is 6.66. The summed E-state index contributed by atoms with van der Waals surface area (Å²) in [4.78, 5) is 32.4. The van der Waals surface area contributed by atoms with E-state index >= 15 is 0 Å². The van der Waals surface area contributed by atoms with Gasteiger partial charge in [0.25, 0.3) is 11.5 Å². The van der Waals surface area contributed by atoms with Crippen molar-refractivity contribution in [2.24, 2.45) is 5.92 Å². The monoisotopic (exact) mass is 519 g/mol. The summed E-state index contributed by atoms with van der Waals surface area (Å²) in [5, 5.41) is 3.06. The Hall–Kier alpha value is -2.29. The Morgan fingerprint density at radius 3 is 2.62 bits per heavy atom. The fraction of sp³-hybridized carbons (Fsp3) is 0.517. The van der Waals surface area contributed by atoms with E-state index in [1.54, 1.807) is 0 Å². The minimum Gasteiger partial charge on any atom is -0.379 e. The number of amides is 1. The first-order valence-corrected chi connectivity index (χ1v) is 14.7. The molecule has 1 saturated heterocycles. The minimum absolute atomic E-state index is 0.0892. The lowest BCUT2D eigenvalue weighted by molar-refractivity contribution is -0.115. The van der Waals surface area contributed by atoms with Crippen molar-refractivity contribution in [1.29, 1.82) is 0 Å². The standard InChI is InChI=1S/C29H38BN3O3S/c1-18-13-26(37-4)24(28(34)32-18)15-31-29(35)27-19(2)30(25-8-6-5-7-23(25)27)14-20-9-11-21(12-10-20)33-16-22(17-33)36-3/h5-8,13,20-22H,9-12,14-17H2,1-4H3,(H,31,35)(H,32,34). The lowest BCUT2D eigenvalue weighted by atomic mass is 9.38. The highest BCUT2D eigenvalue weighted by molar-refractivity contribution is 7.98. The van der Waals surface area contributed by atoms with Crippen LogP contribution in [0.2, 0.25) is 6.32 Å². The van der Waals surface area contributed by atoms with Gasteiger partial charge in [-0.05, 0) is 56.4 Å². The molecule has 1 amide bonds. The summed E-state index contributed by atoms with van der Waals surface area (Å²) in [6, 6.07) is 11.0. The van der Waals surface area contributed by atoms with Crippen LogP contribution in [-0.2, 0) is 16.1 Å². The van der Waals surface area contributed by atoms with Crippen molar-refractivity contribution < 1.29 is 9.53 Å². The number of likely N-dealkylation sites (tertiary alicyclic amines) is 1. The number of allylic oxidation sites excluding steroid dienone is 1. The van der Waals surface area contributed by atoms with E-state index in [9.17, 15) is 9.59 Å². The second-order valence-corrected chi connectivity index (χ2v) is 11.8. The quantitative estimate of drug-likeness (QED) is 0.412. The van der Waals surface area contributed by atoms with Crippen LogP contribution in [0.3, 0.4) is 0 Å². The molecule has 0 atom stereocenters. The fourth-order valence-corrected chi connectivity index (χ4v) is 7.25. The molecule has 2 aliphatic heterocycles. The number of methoxy groups -OCH3 is 1. The Bertz CT molecular complexity index is 1250. The van der Waals surface area contributed by atoms with E-state index in [2.05, 4.69) is 40.3 Å². The zero-order chi connectivity index (χ0) is 26.1. The van der Waals surface area contributed by atoms with E-state index in [1.165, 1.54) is 42.9 Å². The molecule has 0 radical (unpaired) electrons. The number of carbonyl (C=O) groups is 1. The van der Waals surface area contributed by atoms with E-state index in [0.29, 0.717) is 23.6 Å². The predicted octanol–water partition coefficient (Wildman–Crippen LogP) is 3.64. The molecule has 3 heterocycles. The van der Waals surface area contributed by atoms with Crippen LogP contribution in [0.4, 0.5) is 0 Å². The number of aromatic amines is 1. The Morgan fingerprint density at radius 2 is 1.92 bits per heavy atom. The molecule has 1 saturated carbocycles. The number of H-pyrrole nitrogens is 1. The smallest absolute Gasteiger partial charge is 0.254 e. The van der Waals surface area contributed by atoms with Gasteiger partial charge in [0.2, 0.25) is 6.71 Å². The topological polar surface area (TPSA) is 74.4 Å². The molecule has 6 nitrogen and oxygen atoms in total. The molecule has 1 aromatic heterocycles. The van der Waals surface area contributed by atoms with Gasteiger partial charge in [-0.2, -0.15) is 0 Å². The molecule has 5 rings (SSSR count). The number of nitrogens with zero attached hydrogens (tertiary/aromatic N) is 1. The van der Waals surface area contributed by atoms with Gasteiger partial charge in [0.1, 0.15) is 0 Å². The van der Waals surface area contributed by atoms with Crippen molar-refractivity contribution >= 4 is 35.4 Å². The number of hydrogen-bond donors (Lipinski definition) is 2. The van der Waals surface area contributed by atoms with Crippen LogP contribution in [0.15, 0.2) is 45.5 Å². The van der Waals surface area contributed by atoms with Gasteiger partial charge < -0.3 is 15.0 Å². The van der Waals surface area contributed by atoms with Gasteiger partial charge in [-0.15, -0.1) is 11.8 Å². The summed E-state index contributed by atoms with van der Waals surface area (Å²) in [7, 11) is 1.81. The van der Waals surface area contributed by atoms with Crippen molar-refractivity contribution in [2.75, 3.05) is 26.5 Å². The molecule has 2 fully saturated rings. The summed E-state index contributed by atoms with van der Waals surface area (Å²) >= 11 is 1.53. The van der Waals surface area contributed by atoms with Crippen LogP contribution >= 0.6 is 11.8 Å². The van der Waals surface area contributed by atoms with Crippen LogP contribution in [0.5, 0.6) is 0 Å². The maximum Gasteiger partial charge on any atom is 0.254 e. The molecule has 8 heteroatoms. The van der Waals surface area contributed by atoms with Gasteiger partial charge >= 0.3 is 0 Å². The summed E-state index contributed by atoms with van der Waals surface area (Å²) in [5.41, 5.74) is 5.58. The molecule has 2 aromatic rings. The Labute approximate surface area is 224 Å². The molecule has 37 heavy (non-hydrogen) atoms. The Kier molecular flexibility index (Phi) is 7.98. The number of carbonyl (C=O) groups excluding carboxylic acids is 1. The van der Waals surface area contributed by atoms with E-state index in [0.717, 1.165) is 46.6 Å². The molecule has 1 aromatic carbocycles. The molecule has 0 spiro atoms. The van der Waals surface area contributed by atoms with Gasteiger partial charge in [-0.3, -0.25) is 14.5 Å². The molecular weight excluding hydrogens is 481 g/mol. The highest BCUT2D eigenvalue weighted by Crippen LogP contribution is 2.37. The van der Waals surface area contributed by atoms with Crippen molar-refractivity contribution in [3.05, 3.63) is 63.0 Å². The number of hydrogen-bond acceptors (Lipinski definition) is 5. The van der Waals surface area contributed by atoms with Crippen molar-refractivity contribution in [3.63, 3.8) is 0 Å². The zero-order valence-electron chi connectivity index (χ0n) is 22.4. The number of thioether (sulfide) groups is 1. The molecular formula is C29H38BN3O3S. The number of fused-ring (bicyclic) bond motifs is 1. The van der Waals surface area contributed by atoms with Gasteiger partial charge in [0, 0.05) is 54.5 Å². The number of pyridine rings is 1. The number of nitrogens with one attached hydrogen (secondary N) is 2. The average molecular weight is 520 g/mol. The lowest BCUT2D eigenvalue weighted by Crippen LogP contribution is -2.56. The Morgan fingerprint density at radius 1 is 1.19 bits per heavy atom. The first-order valence-electron chi connectivity index (χ1n) is 13.5. The molecule has 1 aliphatic carbocycles. The van der Waals surface area contributed by atoms with Crippen LogP contribution in [0, 0.1) is 12.8 Å². The average Bonchev–Trinajstić information content (AvgIpc) is 3.14. The second kappa shape index (κ2) is 11.2. The molecule has 3 aliphatic rings. The zero-order valence-corrected chi connectivity index (χ0v) is 23.2. The van der Waals surface area contributed by atoms with Gasteiger partial charge in [-0.25, -0.2) is 0 Å². The highest BCUT2D eigenvalue weighted by atomic mass is 32.2. The van der Waals surface area contributed by atoms with Gasteiger partial charge in [-0.1, -0.05) is 48.4 Å². The van der Waals surface area contributed by atoms with E-state index < -0.39 is 0 Å². The normalized spacial score (nSPS) is 22.2. The van der Waals surface area contributed by atoms with Gasteiger partial charge in [0.15, 0.2) is 0 Å². The van der Waals surface area contributed by atoms with E-state index in [1.807, 2.05) is 32.4 Å². The second-order valence-electron chi connectivity index (χ2n) is 10.9. The predicted molar refractivity (Wildman–Crippen MR) is 153 cm³/mol. The summed E-state index contributed by atoms with van der Waals surface area (Å²) in [5.74, 6) is 0.593. The molecule has 0 bridgehead atoms. The first-order chi connectivity index (χ1) is 17.9. The van der Waals surface area contributed by atoms with Gasteiger partial charge in [0.05, 0.1) is 6.10 Å². The first kappa shape index (κ1) is 26.3. The summed E-state index contributed by atoms with van der Waals surface area (Å²) < 4.78 is 5.46. The van der Waals surface area contributed by atoms with Crippen LogP contribution in [-0.4, -0.2) is 61.1 Å². The Balaban J connectivity index is 1.27. The van der Waals surface area contributed by atoms with Crippen molar-refractivity contribution in [1.82, 2.24) is 15.2 Å². The van der Waals surface area contributed by atoms with Crippen molar-refractivity contribution in [3.8, 4) is 0 Å². The molecule has 2 N–H and O–H groups in total. The number of benzene rings is 1. The number of rotatable bonds is 8. The van der Waals surface area contributed by atoms with Crippen LogP contribution < -0.4 is 16.3 Å². The fourth-order valence-electron chi connectivity index (χ4n) is 6.54. The summed E-state index contributed by atoms with van der Waals surface area (Å²) in [6.07, 6.45) is 8.49. The third-order valence-corrected chi connectivity index (χ3v) is 9.54. The highest BCUT2D eigenvalue weighted by Gasteiger charge is 2.38. The van der Waals surface area contributed by atoms with Crippen LogP contribution in [0.25, 0.3) is 5.57 Å². The SMILES string of the molecule is COC1CN(C2CCC(CB3C(C)=C(C(=O)NCc4c(SC)cc(C)[nH]c4=O)c4ccccc43)CC2)C1. The number of aromatic nitrogens is 1. The number of ether oxygens (including phenoxy) is 1. The third kappa shape index (κ3) is 5.34. The van der Waals surface area contributed by atoms with E-state index in [-0.39, 0.29) is 24.7 Å². The maximum atomic E-state index is 13.5. The minimum atomic E-state index is -0.133. The van der Waals surface area contributed by atoms with Crippen LogP contribution in [0.1, 0.15) is 49.4 Å². The van der Waals surface area contributed by atoms with Crippen molar-refractivity contribution in [2.45, 2.75) is 69.4 Å². The van der Waals surface area contributed by atoms with E-state index in [4.69, 9.17) is 4.74 Å². The molecule has 196 valence electrons. The molecule has 0 unspecified atom stereocenters. The lowest BCUT2D eigenvalue weighted by Gasteiger charge is -2.46. The third-order valence-electron chi connectivity index (χ3n) is 8.74.